The fraction of sp³-hybridized carbons (Fsp3) is 0.632. The van der Waals surface area contributed by atoms with Crippen LogP contribution in [0.2, 0.25) is 0 Å². The first-order valence-corrected chi connectivity index (χ1v) is 8.99. The van der Waals surface area contributed by atoms with Gasteiger partial charge in [-0.25, -0.2) is 0 Å². The molecule has 2 aliphatic rings. The quantitative estimate of drug-likeness (QED) is 0.588. The van der Waals surface area contributed by atoms with Crippen LogP contribution in [0.25, 0.3) is 0 Å². The summed E-state index contributed by atoms with van der Waals surface area (Å²) in [6.07, 6.45) is 4.95. The first kappa shape index (κ1) is 17.1. The summed E-state index contributed by atoms with van der Waals surface area (Å²) in [4.78, 5) is 4.37. The number of para-hydroxylation sites is 1. The predicted molar refractivity (Wildman–Crippen MR) is 96.4 cm³/mol. The molecule has 3 rings (SSSR count). The zero-order valence-electron chi connectivity index (χ0n) is 14.7. The summed E-state index contributed by atoms with van der Waals surface area (Å²) in [6.45, 7) is 3.61. The van der Waals surface area contributed by atoms with Crippen LogP contribution in [-0.2, 0) is 0 Å². The summed E-state index contributed by atoms with van der Waals surface area (Å²) < 4.78 is 5.72. The van der Waals surface area contributed by atoms with E-state index in [0.717, 1.165) is 43.9 Å². The highest BCUT2D eigenvalue weighted by atomic mass is 16.5. The average molecular weight is 331 g/mol. The fourth-order valence-electron chi connectivity index (χ4n) is 3.73. The molecule has 3 atom stereocenters. The molecular formula is C19H29N3O2. The zero-order valence-corrected chi connectivity index (χ0v) is 14.7. The van der Waals surface area contributed by atoms with Gasteiger partial charge in [0.15, 0.2) is 5.96 Å². The Hall–Kier alpha value is -1.75. The summed E-state index contributed by atoms with van der Waals surface area (Å²) in [7, 11) is 1.79. The molecule has 0 saturated heterocycles. The number of benzene rings is 1. The lowest BCUT2D eigenvalue weighted by atomic mass is 9.73. The molecule has 1 heterocycles. The second kappa shape index (κ2) is 7.43. The third-order valence-corrected chi connectivity index (χ3v) is 5.43. The first-order valence-electron chi connectivity index (χ1n) is 8.99. The highest BCUT2D eigenvalue weighted by Crippen LogP contribution is 2.35. The van der Waals surface area contributed by atoms with Crippen LogP contribution in [-0.4, -0.2) is 37.4 Å². The standard InChI is InChI=1S/C19H29N3O2/c1-19(11-6-5-9-17(19)23)13-21-18(20-2)22-15-10-12-24-16-8-4-3-7-14(15)16/h3-4,7-8,15,17,23H,5-6,9-13H2,1-2H3,(H2,20,21,22). The number of fused-ring (bicyclic) bond motifs is 1. The van der Waals surface area contributed by atoms with E-state index in [9.17, 15) is 5.11 Å². The van der Waals surface area contributed by atoms with E-state index in [1.54, 1.807) is 7.05 Å². The van der Waals surface area contributed by atoms with Crippen molar-refractivity contribution < 1.29 is 9.84 Å². The molecule has 0 amide bonds. The maximum Gasteiger partial charge on any atom is 0.191 e. The molecule has 3 N–H and O–H groups in total. The Morgan fingerprint density at radius 1 is 1.33 bits per heavy atom. The molecule has 0 aromatic heterocycles. The lowest BCUT2D eigenvalue weighted by Gasteiger charge is -2.39. The maximum absolute atomic E-state index is 10.3. The van der Waals surface area contributed by atoms with Crippen LogP contribution in [0.4, 0.5) is 0 Å². The van der Waals surface area contributed by atoms with Gasteiger partial charge in [0.1, 0.15) is 5.75 Å². The van der Waals surface area contributed by atoms with Gasteiger partial charge in [0, 0.05) is 31.0 Å². The van der Waals surface area contributed by atoms with Crippen molar-refractivity contribution in [2.24, 2.45) is 10.4 Å². The molecule has 1 saturated carbocycles. The van der Waals surface area contributed by atoms with Gasteiger partial charge in [0.05, 0.1) is 18.8 Å². The first-order chi connectivity index (χ1) is 11.6. The number of aliphatic hydroxyl groups is 1. The zero-order chi connectivity index (χ0) is 17.0. The molecule has 1 aromatic carbocycles. The van der Waals surface area contributed by atoms with E-state index in [4.69, 9.17) is 4.74 Å². The van der Waals surface area contributed by atoms with Crippen LogP contribution in [0.5, 0.6) is 5.75 Å². The Morgan fingerprint density at radius 2 is 2.17 bits per heavy atom. The minimum absolute atomic E-state index is 0.0799. The third-order valence-electron chi connectivity index (χ3n) is 5.43. The summed E-state index contributed by atoms with van der Waals surface area (Å²) in [5.41, 5.74) is 1.10. The van der Waals surface area contributed by atoms with E-state index < -0.39 is 0 Å². The normalized spacial score (nSPS) is 30.2. The second-order valence-corrected chi connectivity index (χ2v) is 7.21. The average Bonchev–Trinajstić information content (AvgIpc) is 2.61. The van der Waals surface area contributed by atoms with Crippen LogP contribution >= 0.6 is 0 Å². The largest absolute Gasteiger partial charge is 0.493 e. The lowest BCUT2D eigenvalue weighted by molar-refractivity contribution is 0.00394. The van der Waals surface area contributed by atoms with Crippen LogP contribution < -0.4 is 15.4 Å². The van der Waals surface area contributed by atoms with Gasteiger partial charge in [-0.3, -0.25) is 4.99 Å². The van der Waals surface area contributed by atoms with Crippen molar-refractivity contribution in [2.75, 3.05) is 20.2 Å². The summed E-state index contributed by atoms with van der Waals surface area (Å²) in [5.74, 6) is 1.74. The number of nitrogens with one attached hydrogen (secondary N) is 2. The van der Waals surface area contributed by atoms with Crippen molar-refractivity contribution in [3.63, 3.8) is 0 Å². The van der Waals surface area contributed by atoms with E-state index >= 15 is 0 Å². The Kier molecular flexibility index (Phi) is 5.29. The number of aliphatic hydroxyl groups excluding tert-OH is 1. The van der Waals surface area contributed by atoms with E-state index in [-0.39, 0.29) is 17.6 Å². The van der Waals surface area contributed by atoms with Crippen molar-refractivity contribution in [3.05, 3.63) is 29.8 Å². The summed E-state index contributed by atoms with van der Waals surface area (Å²) >= 11 is 0. The van der Waals surface area contributed by atoms with E-state index in [0.29, 0.717) is 6.61 Å². The van der Waals surface area contributed by atoms with Crippen LogP contribution in [0, 0.1) is 5.41 Å². The fourth-order valence-corrected chi connectivity index (χ4v) is 3.73. The number of aliphatic imine (C=N–C) groups is 1. The molecule has 132 valence electrons. The maximum atomic E-state index is 10.3. The molecule has 5 heteroatoms. The number of hydrogen-bond acceptors (Lipinski definition) is 3. The Bertz CT molecular complexity index is 590. The smallest absolute Gasteiger partial charge is 0.191 e. The number of hydrogen-bond donors (Lipinski definition) is 3. The molecule has 5 nitrogen and oxygen atoms in total. The van der Waals surface area contributed by atoms with Gasteiger partial charge in [0.2, 0.25) is 0 Å². The number of guanidine groups is 1. The molecule has 1 aliphatic heterocycles. The number of rotatable bonds is 3. The van der Waals surface area contributed by atoms with Gasteiger partial charge >= 0.3 is 0 Å². The summed E-state index contributed by atoms with van der Waals surface area (Å²) in [5, 5.41) is 17.3. The van der Waals surface area contributed by atoms with Crippen molar-refractivity contribution >= 4 is 5.96 Å². The van der Waals surface area contributed by atoms with E-state index in [2.05, 4.69) is 28.6 Å². The van der Waals surface area contributed by atoms with E-state index in [1.807, 2.05) is 18.2 Å². The Balaban J connectivity index is 1.62. The van der Waals surface area contributed by atoms with Gasteiger partial charge in [-0.2, -0.15) is 0 Å². The number of ether oxygens (including phenoxy) is 1. The van der Waals surface area contributed by atoms with Gasteiger partial charge in [-0.1, -0.05) is 38.0 Å². The predicted octanol–water partition coefficient (Wildman–Crippen LogP) is 2.62. The second-order valence-electron chi connectivity index (χ2n) is 7.21. The van der Waals surface area contributed by atoms with Crippen molar-refractivity contribution in [3.8, 4) is 5.75 Å². The monoisotopic (exact) mass is 331 g/mol. The lowest BCUT2D eigenvalue weighted by Crippen LogP contribution is -2.49. The van der Waals surface area contributed by atoms with Crippen LogP contribution in [0.15, 0.2) is 29.3 Å². The van der Waals surface area contributed by atoms with Crippen molar-refractivity contribution in [1.29, 1.82) is 0 Å². The molecule has 0 bridgehead atoms. The van der Waals surface area contributed by atoms with Gasteiger partial charge in [0.25, 0.3) is 0 Å². The highest BCUT2D eigenvalue weighted by molar-refractivity contribution is 5.80. The van der Waals surface area contributed by atoms with Gasteiger partial charge in [-0.05, 0) is 18.9 Å². The van der Waals surface area contributed by atoms with Crippen LogP contribution in [0.1, 0.15) is 50.6 Å². The molecular weight excluding hydrogens is 302 g/mol. The van der Waals surface area contributed by atoms with Gasteiger partial charge < -0.3 is 20.5 Å². The third kappa shape index (κ3) is 3.66. The molecule has 1 aromatic rings. The number of nitrogens with zero attached hydrogens (tertiary/aromatic N) is 1. The Morgan fingerprint density at radius 3 is 2.96 bits per heavy atom. The summed E-state index contributed by atoms with van der Waals surface area (Å²) in [6, 6.07) is 8.35. The van der Waals surface area contributed by atoms with Crippen LogP contribution in [0.3, 0.4) is 0 Å². The SMILES string of the molecule is CN=C(NCC1(C)CCCCC1O)NC1CCOc2ccccc21. The van der Waals surface area contributed by atoms with Crippen molar-refractivity contribution in [1.82, 2.24) is 10.6 Å². The molecule has 0 radical (unpaired) electrons. The van der Waals surface area contributed by atoms with Crippen molar-refractivity contribution in [2.45, 2.75) is 51.2 Å². The highest BCUT2D eigenvalue weighted by Gasteiger charge is 2.35. The molecule has 24 heavy (non-hydrogen) atoms. The molecule has 1 aliphatic carbocycles. The molecule has 3 unspecified atom stereocenters. The van der Waals surface area contributed by atoms with Gasteiger partial charge in [-0.15, -0.1) is 0 Å². The van der Waals surface area contributed by atoms with E-state index in [1.165, 1.54) is 12.0 Å². The minimum Gasteiger partial charge on any atom is -0.493 e. The minimum atomic E-state index is -0.235. The molecule has 0 spiro atoms. The topological polar surface area (TPSA) is 65.9 Å². The molecule has 1 fully saturated rings. The Labute approximate surface area is 144 Å².